The van der Waals surface area contributed by atoms with Crippen molar-refractivity contribution in [2.45, 2.75) is 0 Å². The van der Waals surface area contributed by atoms with Gasteiger partial charge in [0.25, 0.3) is 0 Å². The Balaban J connectivity index is -0.0000000133. The van der Waals surface area contributed by atoms with E-state index < -0.39 is 7.82 Å². The molecule has 52 valence electrons. The minimum atomic E-state index is -4.64. The van der Waals surface area contributed by atoms with E-state index in [9.17, 15) is 0 Å². The van der Waals surface area contributed by atoms with E-state index in [2.05, 4.69) is 0 Å². The van der Waals surface area contributed by atoms with Crippen LogP contribution in [0.15, 0.2) is 0 Å². The third kappa shape index (κ3) is 129. The van der Waals surface area contributed by atoms with Gasteiger partial charge in [-0.25, -0.2) is 4.57 Å². The number of hydrogen-bond donors (Lipinski definition) is 3. The molecule has 0 aromatic carbocycles. The summed E-state index contributed by atoms with van der Waals surface area (Å²) in [6.07, 6.45) is 0. The monoisotopic (exact) mass is 282 g/mol. The van der Waals surface area contributed by atoms with E-state index >= 15 is 0 Å². The Labute approximate surface area is 98.7 Å². The Morgan fingerprint density at radius 1 is 1.00 bits per heavy atom. The first-order valence-electron chi connectivity index (χ1n) is 0.783. The first-order valence-corrected chi connectivity index (χ1v) is 2.35. The maximum Gasteiger partial charge on any atom is 0 e. The molecule has 3 N–H and O–H groups in total. The molecule has 0 bridgehead atoms. The van der Waals surface area contributed by atoms with Crippen molar-refractivity contribution in [1.29, 1.82) is 0 Å². The van der Waals surface area contributed by atoms with Crippen LogP contribution in [0.2, 0.25) is 0 Å². The zero-order chi connectivity index (χ0) is 4.50. The zero-order valence-corrected chi connectivity index (χ0v) is 9.68. The third-order valence-electron chi connectivity index (χ3n) is 0. The molecule has 0 rings (SSSR count). The van der Waals surface area contributed by atoms with Crippen molar-refractivity contribution in [1.82, 2.24) is 0 Å². The van der Waals surface area contributed by atoms with Gasteiger partial charge in [-0.05, 0) is 0 Å². The fraction of sp³-hybridized carbons (Fsp3) is 0. The van der Waals surface area contributed by atoms with Gasteiger partial charge < -0.3 is 14.7 Å². The van der Waals surface area contributed by atoms with Gasteiger partial charge in [0.1, 0.15) is 0 Å². The van der Waals surface area contributed by atoms with Gasteiger partial charge in [0.2, 0.25) is 0 Å². The molecule has 0 saturated heterocycles. The molecule has 9 heteroatoms. The minimum absolute atomic E-state index is 0. The molecule has 0 radical (unpaired) electrons. The fourth-order valence-electron chi connectivity index (χ4n) is 0. The van der Waals surface area contributed by atoms with Gasteiger partial charge in [0.05, 0.1) is 0 Å². The first kappa shape index (κ1) is 30.1. The van der Waals surface area contributed by atoms with Crippen molar-refractivity contribution < 1.29 is 72.9 Å². The molecule has 0 heterocycles. The summed E-state index contributed by atoms with van der Waals surface area (Å²) in [5, 5.41) is 0. The first-order chi connectivity index (χ1) is 2.00. The largest absolute Gasteiger partial charge is 0 e. The second-order valence-corrected chi connectivity index (χ2v) is 1.54. The summed E-state index contributed by atoms with van der Waals surface area (Å²) in [5.41, 5.74) is 0. The standard InChI is InChI=1S/2Fe.Li.H3O4P.Zn.H/c;;;1-5(2,3)4;;/h;;;(H3,1,2,3,4);;. The van der Waals surface area contributed by atoms with Crippen LogP contribution in [0.3, 0.4) is 0 Å². The van der Waals surface area contributed by atoms with Crippen molar-refractivity contribution in [2.24, 2.45) is 0 Å². The van der Waals surface area contributed by atoms with Crippen LogP contribution in [0.5, 0.6) is 0 Å². The molecule has 0 aromatic rings. The normalized spacial score (nSPS) is 6.56. The summed E-state index contributed by atoms with van der Waals surface area (Å²) in [5.74, 6) is 0. The van der Waals surface area contributed by atoms with Crippen molar-refractivity contribution in [3.63, 3.8) is 0 Å². The second kappa shape index (κ2) is 13.0. The van der Waals surface area contributed by atoms with E-state index in [1.54, 1.807) is 0 Å². The van der Waals surface area contributed by atoms with Crippen LogP contribution < -0.4 is 0 Å². The quantitative estimate of drug-likeness (QED) is 0.370. The summed E-state index contributed by atoms with van der Waals surface area (Å²) >= 11 is 0. The fourth-order valence-corrected chi connectivity index (χ4v) is 0. The van der Waals surface area contributed by atoms with E-state index in [-0.39, 0.29) is 72.5 Å². The van der Waals surface area contributed by atoms with Gasteiger partial charge in [0, 0.05) is 53.6 Å². The maximum absolute atomic E-state index is 8.88. The SMILES string of the molecule is O=P(O)(O)O.[Fe].[Fe].[LiH].[Zn]. The van der Waals surface area contributed by atoms with Crippen molar-refractivity contribution in [3.05, 3.63) is 0 Å². The van der Waals surface area contributed by atoms with Crippen LogP contribution in [0.1, 0.15) is 0 Å². The van der Waals surface area contributed by atoms with Gasteiger partial charge in [-0.15, -0.1) is 0 Å². The van der Waals surface area contributed by atoms with Crippen LogP contribution >= 0.6 is 7.82 Å². The summed E-state index contributed by atoms with van der Waals surface area (Å²) < 4.78 is 8.88. The van der Waals surface area contributed by atoms with E-state index in [0.29, 0.717) is 0 Å². The molecular formula is H4Fe2LiO4PZn. The average Bonchev–Trinajstić information content (AvgIpc) is 0.722. The van der Waals surface area contributed by atoms with E-state index in [1.807, 2.05) is 0 Å². The second-order valence-electron chi connectivity index (χ2n) is 0.513. The van der Waals surface area contributed by atoms with Crippen molar-refractivity contribution in [2.75, 3.05) is 0 Å². The molecule has 0 atom stereocenters. The number of phosphoric acid groups is 1. The molecule has 0 saturated carbocycles. The van der Waals surface area contributed by atoms with Gasteiger partial charge in [0.15, 0.2) is 0 Å². The van der Waals surface area contributed by atoms with Gasteiger partial charge in [-0.1, -0.05) is 0 Å². The van der Waals surface area contributed by atoms with Gasteiger partial charge in [-0.3, -0.25) is 0 Å². The molecule has 0 aliphatic heterocycles. The predicted molar refractivity (Wildman–Crippen MR) is 21.4 cm³/mol. The molecule has 0 amide bonds. The Kier molecular flexibility index (Phi) is 43.5. The maximum atomic E-state index is 8.88. The van der Waals surface area contributed by atoms with E-state index in [4.69, 9.17) is 19.2 Å². The minimum Gasteiger partial charge on any atom is 0 e. The molecular weight excluding hydrogens is 279 g/mol. The molecule has 0 aromatic heterocycles. The van der Waals surface area contributed by atoms with E-state index in [1.165, 1.54) is 0 Å². The number of hydrogen-bond acceptors (Lipinski definition) is 1. The van der Waals surface area contributed by atoms with Crippen molar-refractivity contribution >= 4 is 26.7 Å². The van der Waals surface area contributed by atoms with Gasteiger partial charge >= 0.3 is 26.7 Å². The van der Waals surface area contributed by atoms with Gasteiger partial charge in [-0.2, -0.15) is 0 Å². The molecule has 9 heavy (non-hydrogen) atoms. The summed E-state index contributed by atoms with van der Waals surface area (Å²) in [6, 6.07) is 0. The summed E-state index contributed by atoms with van der Waals surface area (Å²) in [7, 11) is -4.64. The molecule has 0 fully saturated rings. The molecule has 4 nitrogen and oxygen atoms in total. The molecule has 0 spiro atoms. The third-order valence-corrected chi connectivity index (χ3v) is 0. The van der Waals surface area contributed by atoms with Crippen LogP contribution in [0, 0.1) is 0 Å². The zero-order valence-electron chi connectivity index (χ0n) is 3.61. The topological polar surface area (TPSA) is 77.8 Å². The number of rotatable bonds is 0. The smallest absolute Gasteiger partial charge is 0 e. The van der Waals surface area contributed by atoms with Crippen LogP contribution in [0.25, 0.3) is 0 Å². The molecule has 0 aliphatic carbocycles. The van der Waals surface area contributed by atoms with Crippen LogP contribution in [-0.4, -0.2) is 33.5 Å². The van der Waals surface area contributed by atoms with Crippen LogP contribution in [0.4, 0.5) is 0 Å². The summed E-state index contributed by atoms with van der Waals surface area (Å²) in [4.78, 5) is 21.6. The Bertz CT molecular complexity index is 64.7. The Morgan fingerprint density at radius 2 is 1.00 bits per heavy atom. The predicted octanol–water partition coefficient (Wildman–Crippen LogP) is -1.58. The summed E-state index contributed by atoms with van der Waals surface area (Å²) in [6.45, 7) is 0. The Hall–Kier alpha value is 2.37. The van der Waals surface area contributed by atoms with Crippen molar-refractivity contribution in [3.8, 4) is 0 Å². The molecule has 0 aliphatic rings. The molecule has 0 unspecified atom stereocenters. The average molecular weight is 283 g/mol. The van der Waals surface area contributed by atoms with E-state index in [0.717, 1.165) is 0 Å². The van der Waals surface area contributed by atoms with Crippen LogP contribution in [-0.2, 0) is 58.2 Å². The Morgan fingerprint density at radius 3 is 1.00 bits per heavy atom.